The van der Waals surface area contributed by atoms with Crippen molar-refractivity contribution in [1.82, 2.24) is 4.90 Å². The van der Waals surface area contributed by atoms with Gasteiger partial charge in [0.15, 0.2) is 6.04 Å². The average Bonchev–Trinajstić information content (AvgIpc) is 2.61. The maximum absolute atomic E-state index is 11.7. The maximum atomic E-state index is 11.7. The van der Waals surface area contributed by atoms with Gasteiger partial charge in [-0.1, -0.05) is 28.1 Å². The first-order valence-electron chi connectivity index (χ1n) is 5.52. The lowest BCUT2D eigenvalue weighted by molar-refractivity contribution is -0.148. The molecule has 0 spiro atoms. The van der Waals surface area contributed by atoms with E-state index in [0.717, 1.165) is 4.47 Å². The minimum atomic E-state index is -1.04. The van der Waals surface area contributed by atoms with Crippen LogP contribution < -0.4 is 5.73 Å². The van der Waals surface area contributed by atoms with Crippen molar-refractivity contribution in [2.75, 3.05) is 6.54 Å². The summed E-state index contributed by atoms with van der Waals surface area (Å²) in [6.07, 6.45) is 0.209. The van der Waals surface area contributed by atoms with Crippen LogP contribution in [0.1, 0.15) is 18.0 Å². The predicted molar refractivity (Wildman–Crippen MR) is 68.8 cm³/mol. The van der Waals surface area contributed by atoms with E-state index in [9.17, 15) is 14.7 Å². The number of amides is 1. The lowest BCUT2D eigenvalue weighted by Crippen LogP contribution is -2.36. The number of benzene rings is 1. The molecule has 1 fully saturated rings. The molecule has 0 radical (unpaired) electrons. The Morgan fingerprint density at radius 2 is 2.06 bits per heavy atom. The number of halogens is 1. The van der Waals surface area contributed by atoms with Crippen LogP contribution in [0.4, 0.5) is 0 Å². The van der Waals surface area contributed by atoms with Crippen LogP contribution in [-0.4, -0.2) is 34.5 Å². The van der Waals surface area contributed by atoms with E-state index in [0.29, 0.717) is 5.56 Å². The van der Waals surface area contributed by atoms with Gasteiger partial charge in [0.05, 0.1) is 0 Å². The van der Waals surface area contributed by atoms with Crippen LogP contribution in [0.15, 0.2) is 28.7 Å². The van der Waals surface area contributed by atoms with E-state index in [1.54, 1.807) is 24.3 Å². The molecular weight excluding hydrogens is 300 g/mol. The van der Waals surface area contributed by atoms with Crippen LogP contribution >= 0.6 is 15.9 Å². The van der Waals surface area contributed by atoms with Crippen LogP contribution in [0.3, 0.4) is 0 Å². The summed E-state index contributed by atoms with van der Waals surface area (Å²) in [5.74, 6) is -1.25. The van der Waals surface area contributed by atoms with Crippen LogP contribution in [0.5, 0.6) is 0 Å². The minimum Gasteiger partial charge on any atom is -0.479 e. The van der Waals surface area contributed by atoms with Crippen molar-refractivity contribution in [2.24, 2.45) is 5.73 Å². The highest BCUT2D eigenvalue weighted by Crippen LogP contribution is 2.27. The van der Waals surface area contributed by atoms with Gasteiger partial charge in [0.25, 0.3) is 0 Å². The SMILES string of the molecule is NC1CC(=O)N(C(C(=O)O)c2ccc(Br)cc2)C1. The monoisotopic (exact) mass is 312 g/mol. The van der Waals surface area contributed by atoms with Crippen LogP contribution in [0.25, 0.3) is 0 Å². The molecule has 1 amide bonds. The van der Waals surface area contributed by atoms with Crippen LogP contribution in [0.2, 0.25) is 0 Å². The lowest BCUT2D eigenvalue weighted by Gasteiger charge is -2.24. The summed E-state index contributed by atoms with van der Waals surface area (Å²) >= 11 is 3.29. The Morgan fingerprint density at radius 1 is 1.44 bits per heavy atom. The molecule has 2 rings (SSSR count). The number of carbonyl (C=O) groups excluding carboxylic acids is 1. The Balaban J connectivity index is 2.32. The molecular formula is C12H13BrN2O3. The number of aliphatic carboxylic acids is 1. The molecule has 18 heavy (non-hydrogen) atoms. The topological polar surface area (TPSA) is 83.6 Å². The van der Waals surface area contributed by atoms with E-state index >= 15 is 0 Å². The van der Waals surface area contributed by atoms with E-state index in [1.807, 2.05) is 0 Å². The standard InChI is InChI=1S/C12H13BrN2O3/c13-8-3-1-7(2-4-8)11(12(17)18)15-6-9(14)5-10(15)16/h1-4,9,11H,5-6,14H2,(H,17,18). The number of carboxylic acid groups (broad SMARTS) is 1. The smallest absolute Gasteiger partial charge is 0.331 e. The largest absolute Gasteiger partial charge is 0.479 e. The quantitative estimate of drug-likeness (QED) is 0.876. The van der Waals surface area contributed by atoms with Crippen molar-refractivity contribution in [1.29, 1.82) is 0 Å². The Kier molecular flexibility index (Phi) is 3.68. The summed E-state index contributed by atoms with van der Waals surface area (Å²) in [4.78, 5) is 24.5. The number of nitrogens with two attached hydrogens (primary N) is 1. The van der Waals surface area contributed by atoms with Crippen molar-refractivity contribution in [2.45, 2.75) is 18.5 Å². The van der Waals surface area contributed by atoms with Crippen molar-refractivity contribution < 1.29 is 14.7 Å². The number of rotatable bonds is 3. The fourth-order valence-corrected chi connectivity index (χ4v) is 2.38. The summed E-state index contributed by atoms with van der Waals surface area (Å²) < 4.78 is 0.861. The van der Waals surface area contributed by atoms with E-state index in [2.05, 4.69) is 15.9 Å². The molecule has 1 aliphatic rings. The van der Waals surface area contributed by atoms with Gasteiger partial charge in [-0.2, -0.15) is 0 Å². The molecule has 96 valence electrons. The molecule has 1 saturated heterocycles. The predicted octanol–water partition coefficient (Wildman–Crippen LogP) is 1.13. The van der Waals surface area contributed by atoms with Crippen LogP contribution in [0, 0.1) is 0 Å². The normalized spacial score (nSPS) is 21.1. The van der Waals surface area contributed by atoms with Gasteiger partial charge in [-0.25, -0.2) is 4.79 Å². The molecule has 1 aromatic rings. The van der Waals surface area contributed by atoms with Crippen LogP contribution in [-0.2, 0) is 9.59 Å². The first-order valence-corrected chi connectivity index (χ1v) is 6.31. The lowest BCUT2D eigenvalue weighted by atomic mass is 10.1. The van der Waals surface area contributed by atoms with E-state index < -0.39 is 12.0 Å². The zero-order chi connectivity index (χ0) is 13.3. The van der Waals surface area contributed by atoms with Gasteiger partial charge in [-0.05, 0) is 17.7 Å². The molecule has 1 aliphatic heterocycles. The first kappa shape index (κ1) is 13.0. The van der Waals surface area contributed by atoms with E-state index in [1.165, 1.54) is 4.90 Å². The highest BCUT2D eigenvalue weighted by Gasteiger charge is 2.37. The third-order valence-electron chi connectivity index (χ3n) is 2.92. The van der Waals surface area contributed by atoms with Crippen molar-refractivity contribution >= 4 is 27.8 Å². The molecule has 1 aromatic carbocycles. The Labute approximate surface area is 113 Å². The fourth-order valence-electron chi connectivity index (χ4n) is 2.11. The molecule has 2 atom stereocenters. The second kappa shape index (κ2) is 5.07. The highest BCUT2D eigenvalue weighted by atomic mass is 79.9. The number of carbonyl (C=O) groups is 2. The third-order valence-corrected chi connectivity index (χ3v) is 3.45. The molecule has 0 aromatic heterocycles. The molecule has 5 nitrogen and oxygen atoms in total. The fraction of sp³-hybridized carbons (Fsp3) is 0.333. The van der Waals surface area contributed by atoms with E-state index in [4.69, 9.17) is 5.73 Å². The molecule has 6 heteroatoms. The Bertz CT molecular complexity index is 475. The van der Waals surface area contributed by atoms with Gasteiger partial charge in [0.1, 0.15) is 0 Å². The van der Waals surface area contributed by atoms with Gasteiger partial charge < -0.3 is 15.7 Å². The maximum Gasteiger partial charge on any atom is 0.331 e. The molecule has 2 unspecified atom stereocenters. The minimum absolute atomic E-state index is 0.209. The van der Waals surface area contributed by atoms with Gasteiger partial charge in [0.2, 0.25) is 5.91 Å². The molecule has 1 heterocycles. The third kappa shape index (κ3) is 2.54. The number of nitrogens with zero attached hydrogens (tertiary/aromatic N) is 1. The van der Waals surface area contributed by atoms with Crippen molar-refractivity contribution in [3.63, 3.8) is 0 Å². The Morgan fingerprint density at radius 3 is 2.50 bits per heavy atom. The molecule has 0 saturated carbocycles. The van der Waals surface area contributed by atoms with Crippen molar-refractivity contribution in [3.05, 3.63) is 34.3 Å². The average molecular weight is 313 g/mol. The molecule has 3 N–H and O–H groups in total. The zero-order valence-corrected chi connectivity index (χ0v) is 11.1. The van der Waals surface area contributed by atoms with Gasteiger partial charge in [-0.3, -0.25) is 4.79 Å². The number of hydrogen-bond donors (Lipinski definition) is 2. The number of likely N-dealkylation sites (tertiary alicyclic amines) is 1. The van der Waals surface area contributed by atoms with Gasteiger partial charge >= 0.3 is 5.97 Å². The zero-order valence-electron chi connectivity index (χ0n) is 9.54. The summed E-state index contributed by atoms with van der Waals surface area (Å²) in [6, 6.07) is 5.66. The second-order valence-electron chi connectivity index (χ2n) is 4.30. The summed E-state index contributed by atoms with van der Waals surface area (Å²) in [5, 5.41) is 9.31. The highest BCUT2D eigenvalue weighted by molar-refractivity contribution is 9.10. The molecule has 0 bridgehead atoms. The summed E-state index contributed by atoms with van der Waals surface area (Å²) in [6.45, 7) is 0.284. The van der Waals surface area contributed by atoms with Crippen molar-refractivity contribution in [3.8, 4) is 0 Å². The second-order valence-corrected chi connectivity index (χ2v) is 5.22. The van der Waals surface area contributed by atoms with Gasteiger partial charge in [-0.15, -0.1) is 0 Å². The first-order chi connectivity index (χ1) is 8.49. The van der Waals surface area contributed by atoms with Gasteiger partial charge in [0, 0.05) is 23.5 Å². The summed E-state index contributed by atoms with van der Waals surface area (Å²) in [5.41, 5.74) is 6.27. The Hall–Kier alpha value is -1.40. The number of carboxylic acids is 1. The number of hydrogen-bond acceptors (Lipinski definition) is 3. The summed E-state index contributed by atoms with van der Waals surface area (Å²) in [7, 11) is 0. The molecule has 0 aliphatic carbocycles. The van der Waals surface area contributed by atoms with E-state index in [-0.39, 0.29) is 24.9 Å².